The Kier molecular flexibility index (Phi) is 3.10. The lowest BCUT2D eigenvalue weighted by atomic mass is 10.1. The third kappa shape index (κ3) is 2.04. The fourth-order valence-corrected chi connectivity index (χ4v) is 2.63. The molecule has 96 valence electrons. The average Bonchev–Trinajstić information content (AvgIpc) is 3.15. The molecule has 1 aliphatic carbocycles. The number of benzene rings is 1. The summed E-state index contributed by atoms with van der Waals surface area (Å²) in [4.78, 5) is 0. The third-order valence-corrected chi connectivity index (χ3v) is 3.81. The molecule has 0 radical (unpaired) electrons. The van der Waals surface area contributed by atoms with E-state index >= 15 is 0 Å². The van der Waals surface area contributed by atoms with Crippen LogP contribution in [0, 0.1) is 0 Å². The second-order valence-electron chi connectivity index (χ2n) is 5.09. The first-order valence-corrected chi connectivity index (χ1v) is 6.87. The number of nitrogens with zero attached hydrogens (tertiary/aromatic N) is 1. The van der Waals surface area contributed by atoms with Crippen LogP contribution in [-0.2, 0) is 19.6 Å². The van der Waals surface area contributed by atoms with Gasteiger partial charge >= 0.3 is 0 Å². The number of rotatable bonds is 5. The van der Waals surface area contributed by atoms with Crippen molar-refractivity contribution in [1.29, 1.82) is 0 Å². The topological polar surface area (TPSA) is 43.0 Å². The minimum atomic E-state index is 0.612. The Morgan fingerprint density at radius 1 is 1.39 bits per heavy atom. The van der Waals surface area contributed by atoms with Crippen molar-refractivity contribution < 1.29 is 0 Å². The summed E-state index contributed by atoms with van der Waals surface area (Å²) in [5, 5.41) is 4.91. The van der Waals surface area contributed by atoms with Crippen molar-refractivity contribution in [3.8, 4) is 0 Å². The van der Waals surface area contributed by atoms with Crippen LogP contribution in [-0.4, -0.2) is 10.6 Å². The molecule has 1 aromatic heterocycles. The van der Waals surface area contributed by atoms with Crippen molar-refractivity contribution in [2.45, 2.75) is 45.4 Å². The summed E-state index contributed by atoms with van der Waals surface area (Å²) in [7, 11) is 0. The number of hydrogen-bond acceptors (Lipinski definition) is 2. The lowest BCUT2D eigenvalue weighted by Gasteiger charge is -2.08. The molecule has 0 spiro atoms. The number of aromatic nitrogens is 1. The molecule has 0 aliphatic heterocycles. The van der Waals surface area contributed by atoms with Crippen molar-refractivity contribution in [3.05, 3.63) is 35.5 Å². The number of nitrogens with one attached hydrogen (secondary N) is 1. The van der Waals surface area contributed by atoms with Gasteiger partial charge < -0.3 is 15.6 Å². The molecule has 3 N–H and O–H groups in total. The van der Waals surface area contributed by atoms with E-state index in [1.165, 1.54) is 35.0 Å². The van der Waals surface area contributed by atoms with Gasteiger partial charge in [-0.05, 0) is 37.5 Å². The van der Waals surface area contributed by atoms with Gasteiger partial charge in [0, 0.05) is 42.3 Å². The van der Waals surface area contributed by atoms with Crippen LogP contribution in [0.5, 0.6) is 0 Å². The molecule has 0 atom stereocenters. The summed E-state index contributed by atoms with van der Waals surface area (Å²) < 4.78 is 2.39. The van der Waals surface area contributed by atoms with Crippen molar-refractivity contribution in [1.82, 2.24) is 9.88 Å². The Labute approximate surface area is 108 Å². The minimum absolute atomic E-state index is 0.612. The number of hydrogen-bond donors (Lipinski definition) is 2. The van der Waals surface area contributed by atoms with Gasteiger partial charge in [0.05, 0.1) is 0 Å². The predicted molar refractivity (Wildman–Crippen MR) is 75.4 cm³/mol. The van der Waals surface area contributed by atoms with Gasteiger partial charge in [0.15, 0.2) is 0 Å². The molecule has 0 amide bonds. The SMILES string of the molecule is CCn1c(CNC2CC2)cc2c(CN)cccc21. The largest absolute Gasteiger partial charge is 0.344 e. The highest BCUT2D eigenvalue weighted by Gasteiger charge is 2.21. The van der Waals surface area contributed by atoms with Crippen molar-refractivity contribution in [3.63, 3.8) is 0 Å². The third-order valence-electron chi connectivity index (χ3n) is 3.81. The molecule has 2 aromatic rings. The molecule has 18 heavy (non-hydrogen) atoms. The van der Waals surface area contributed by atoms with Gasteiger partial charge in [-0.15, -0.1) is 0 Å². The smallest absolute Gasteiger partial charge is 0.0486 e. The molecular weight excluding hydrogens is 222 g/mol. The Morgan fingerprint density at radius 2 is 2.22 bits per heavy atom. The van der Waals surface area contributed by atoms with Gasteiger partial charge in [0.25, 0.3) is 0 Å². The van der Waals surface area contributed by atoms with Gasteiger partial charge in [0.2, 0.25) is 0 Å². The fourth-order valence-electron chi connectivity index (χ4n) is 2.63. The van der Waals surface area contributed by atoms with Crippen LogP contribution < -0.4 is 11.1 Å². The standard InChI is InChI=1S/C15H21N3/c1-2-18-13(10-17-12-6-7-12)8-14-11(9-16)4-3-5-15(14)18/h3-5,8,12,17H,2,6-7,9-10,16H2,1H3. The van der Waals surface area contributed by atoms with Crippen LogP contribution in [0.3, 0.4) is 0 Å². The van der Waals surface area contributed by atoms with E-state index in [4.69, 9.17) is 5.73 Å². The first kappa shape index (κ1) is 11.8. The maximum absolute atomic E-state index is 5.82. The molecule has 3 nitrogen and oxygen atoms in total. The van der Waals surface area contributed by atoms with Gasteiger partial charge in [0.1, 0.15) is 0 Å². The average molecular weight is 243 g/mol. The number of aryl methyl sites for hydroxylation is 1. The van der Waals surface area contributed by atoms with Crippen LogP contribution in [0.4, 0.5) is 0 Å². The van der Waals surface area contributed by atoms with E-state index in [-0.39, 0.29) is 0 Å². The maximum atomic E-state index is 5.82. The highest BCUT2D eigenvalue weighted by atomic mass is 15.0. The van der Waals surface area contributed by atoms with Gasteiger partial charge in [-0.1, -0.05) is 12.1 Å². The second-order valence-corrected chi connectivity index (χ2v) is 5.09. The lowest BCUT2D eigenvalue weighted by molar-refractivity contribution is 0.634. The Hall–Kier alpha value is -1.32. The predicted octanol–water partition coefficient (Wildman–Crippen LogP) is 2.37. The van der Waals surface area contributed by atoms with Crippen molar-refractivity contribution >= 4 is 10.9 Å². The Morgan fingerprint density at radius 3 is 2.89 bits per heavy atom. The summed E-state index contributed by atoms with van der Waals surface area (Å²) in [5.74, 6) is 0. The zero-order valence-corrected chi connectivity index (χ0v) is 10.9. The van der Waals surface area contributed by atoms with Crippen LogP contribution in [0.25, 0.3) is 10.9 Å². The molecule has 1 fully saturated rings. The molecule has 0 saturated heterocycles. The first-order valence-electron chi connectivity index (χ1n) is 6.87. The molecule has 3 heteroatoms. The van der Waals surface area contributed by atoms with Gasteiger partial charge in [-0.2, -0.15) is 0 Å². The summed E-state index contributed by atoms with van der Waals surface area (Å²) in [6.07, 6.45) is 2.67. The Balaban J connectivity index is 2.00. The Bertz CT molecular complexity index is 552. The van der Waals surface area contributed by atoms with Gasteiger partial charge in [-0.3, -0.25) is 0 Å². The molecule has 1 heterocycles. The normalized spacial score (nSPS) is 15.4. The van der Waals surface area contributed by atoms with Crippen LogP contribution in [0.2, 0.25) is 0 Å². The van der Waals surface area contributed by atoms with Crippen LogP contribution in [0.1, 0.15) is 31.0 Å². The fraction of sp³-hybridized carbons (Fsp3) is 0.467. The summed E-state index contributed by atoms with van der Waals surface area (Å²) >= 11 is 0. The highest BCUT2D eigenvalue weighted by molar-refractivity contribution is 5.84. The van der Waals surface area contributed by atoms with E-state index in [0.29, 0.717) is 6.54 Å². The van der Waals surface area contributed by atoms with E-state index in [9.17, 15) is 0 Å². The van der Waals surface area contributed by atoms with Crippen LogP contribution >= 0.6 is 0 Å². The molecule has 1 aliphatic rings. The van der Waals surface area contributed by atoms with E-state index in [1.54, 1.807) is 0 Å². The van der Waals surface area contributed by atoms with Gasteiger partial charge in [-0.25, -0.2) is 0 Å². The van der Waals surface area contributed by atoms with E-state index < -0.39 is 0 Å². The molecule has 0 unspecified atom stereocenters. The highest BCUT2D eigenvalue weighted by Crippen LogP contribution is 2.25. The number of nitrogens with two attached hydrogens (primary N) is 1. The van der Waals surface area contributed by atoms with E-state index in [1.807, 2.05) is 0 Å². The van der Waals surface area contributed by atoms with E-state index in [2.05, 4.69) is 41.1 Å². The molecule has 0 bridgehead atoms. The first-order chi connectivity index (χ1) is 8.83. The maximum Gasteiger partial charge on any atom is 0.0486 e. The van der Waals surface area contributed by atoms with Crippen molar-refractivity contribution in [2.75, 3.05) is 0 Å². The quantitative estimate of drug-likeness (QED) is 0.846. The van der Waals surface area contributed by atoms with Crippen LogP contribution in [0.15, 0.2) is 24.3 Å². The van der Waals surface area contributed by atoms with Crippen molar-refractivity contribution in [2.24, 2.45) is 5.73 Å². The zero-order chi connectivity index (χ0) is 12.5. The molecule has 1 aromatic carbocycles. The second kappa shape index (κ2) is 4.75. The monoisotopic (exact) mass is 243 g/mol. The van der Waals surface area contributed by atoms with E-state index in [0.717, 1.165) is 19.1 Å². The molecular formula is C15H21N3. The molecule has 1 saturated carbocycles. The molecule has 3 rings (SSSR count). The lowest BCUT2D eigenvalue weighted by Crippen LogP contribution is -2.17. The zero-order valence-electron chi connectivity index (χ0n) is 10.9. The summed E-state index contributed by atoms with van der Waals surface area (Å²) in [5.41, 5.74) is 9.76. The summed E-state index contributed by atoms with van der Waals surface area (Å²) in [6, 6.07) is 9.48. The minimum Gasteiger partial charge on any atom is -0.344 e. The number of fused-ring (bicyclic) bond motifs is 1. The summed E-state index contributed by atoms with van der Waals surface area (Å²) in [6.45, 7) is 4.80.